The van der Waals surface area contributed by atoms with Crippen LogP contribution in [0.15, 0.2) is 87.4 Å². The molecule has 4 rings (SSSR count). The first kappa shape index (κ1) is 33.0. The molecule has 232 valence electrons. The van der Waals surface area contributed by atoms with E-state index in [1.807, 2.05) is 72.8 Å². The van der Waals surface area contributed by atoms with Gasteiger partial charge in [-0.25, -0.2) is 10.4 Å². The topological polar surface area (TPSA) is 141 Å². The van der Waals surface area contributed by atoms with Crippen LogP contribution in [-0.4, -0.2) is 42.2 Å². The van der Waals surface area contributed by atoms with Gasteiger partial charge < -0.3 is 14.6 Å². The predicted octanol–water partition coefficient (Wildman–Crippen LogP) is 6.58. The molecule has 44 heavy (non-hydrogen) atoms. The first-order valence-corrected chi connectivity index (χ1v) is 15.4. The van der Waals surface area contributed by atoms with Crippen LogP contribution in [0.5, 0.6) is 5.75 Å². The van der Waals surface area contributed by atoms with Gasteiger partial charge in [-0.3, -0.25) is 10.2 Å². The second-order valence-corrected chi connectivity index (χ2v) is 12.7. The highest BCUT2D eigenvalue weighted by atomic mass is 79.9. The summed E-state index contributed by atoms with van der Waals surface area (Å²) in [6, 6.07) is 22.5. The SMILES string of the molecule is CC(C)(C)CCNNC(=O)[C@@]1(Cc2ccccc2Br)N=C(c2ccc(OCCCO)cc2)O[C@H]1c1ccccc1CN=[N+]=[N-]. The first-order valence-electron chi connectivity index (χ1n) is 14.6. The molecule has 3 aromatic carbocycles. The Morgan fingerprint density at radius 1 is 1.11 bits per heavy atom. The average Bonchev–Trinajstić information content (AvgIpc) is 3.39. The predicted molar refractivity (Wildman–Crippen MR) is 174 cm³/mol. The van der Waals surface area contributed by atoms with Crippen LogP contribution in [0.25, 0.3) is 10.4 Å². The number of carbonyl (C=O) groups excluding carboxylic acids is 1. The zero-order valence-electron chi connectivity index (χ0n) is 25.3. The van der Waals surface area contributed by atoms with Crippen LogP contribution < -0.4 is 15.6 Å². The highest BCUT2D eigenvalue weighted by Crippen LogP contribution is 2.44. The lowest BCUT2D eigenvalue weighted by atomic mass is 9.80. The Balaban J connectivity index is 1.80. The second-order valence-electron chi connectivity index (χ2n) is 11.8. The standard InChI is InChI=1S/C33H39BrN6O4/c1-32(2,3)17-18-36-39-31(42)33(21-24-9-5-7-12-28(24)34)29(27-11-6-4-10-25(27)22-37-40-35)44-30(38-33)23-13-15-26(16-14-23)43-20-8-19-41/h4-7,9-16,29,36,41H,8,17-22H2,1-3H3,(H,39,42)/t29-,33-/m0/s1. The number of aliphatic imine (C=N–C) groups is 1. The normalized spacial score (nSPS) is 17.8. The minimum atomic E-state index is -1.42. The summed E-state index contributed by atoms with van der Waals surface area (Å²) in [6.07, 6.45) is 0.777. The van der Waals surface area contributed by atoms with E-state index in [0.717, 1.165) is 22.0 Å². The van der Waals surface area contributed by atoms with Crippen LogP contribution in [0.4, 0.5) is 0 Å². The maximum atomic E-state index is 14.4. The fourth-order valence-corrected chi connectivity index (χ4v) is 5.35. The number of amides is 1. The van der Waals surface area contributed by atoms with Crippen molar-refractivity contribution in [3.8, 4) is 5.75 Å². The number of aliphatic hydroxyl groups is 1. The third-order valence-corrected chi connectivity index (χ3v) is 8.07. The summed E-state index contributed by atoms with van der Waals surface area (Å²) in [5.74, 6) is 0.620. The van der Waals surface area contributed by atoms with Gasteiger partial charge in [-0.2, -0.15) is 0 Å². The molecule has 10 nitrogen and oxygen atoms in total. The van der Waals surface area contributed by atoms with E-state index in [0.29, 0.717) is 42.3 Å². The van der Waals surface area contributed by atoms with E-state index in [9.17, 15) is 4.79 Å². The van der Waals surface area contributed by atoms with Crippen molar-refractivity contribution in [2.24, 2.45) is 15.5 Å². The smallest absolute Gasteiger partial charge is 0.266 e. The molecule has 0 saturated carbocycles. The van der Waals surface area contributed by atoms with E-state index < -0.39 is 11.6 Å². The molecule has 0 aromatic heterocycles. The third kappa shape index (κ3) is 8.39. The lowest BCUT2D eigenvalue weighted by molar-refractivity contribution is -0.130. The van der Waals surface area contributed by atoms with Gasteiger partial charge in [0.2, 0.25) is 5.90 Å². The molecule has 1 aliphatic rings. The van der Waals surface area contributed by atoms with E-state index in [1.165, 1.54) is 0 Å². The van der Waals surface area contributed by atoms with Crippen molar-refractivity contribution in [3.05, 3.63) is 110 Å². The molecule has 0 fully saturated rings. The number of carbonyl (C=O) groups is 1. The van der Waals surface area contributed by atoms with Gasteiger partial charge in [-0.05, 0) is 64.4 Å². The maximum Gasteiger partial charge on any atom is 0.266 e. The fraction of sp³-hybridized carbons (Fsp3) is 0.394. The minimum absolute atomic E-state index is 0.0536. The largest absolute Gasteiger partial charge is 0.494 e. The maximum absolute atomic E-state index is 14.4. The van der Waals surface area contributed by atoms with E-state index in [1.54, 1.807) is 0 Å². The Hall–Kier alpha value is -3.89. The van der Waals surface area contributed by atoms with Gasteiger partial charge in [0.15, 0.2) is 11.6 Å². The molecule has 1 aliphatic heterocycles. The van der Waals surface area contributed by atoms with Crippen molar-refractivity contribution < 1.29 is 19.4 Å². The third-order valence-electron chi connectivity index (χ3n) is 7.29. The van der Waals surface area contributed by atoms with E-state index in [-0.39, 0.29) is 30.9 Å². The van der Waals surface area contributed by atoms with E-state index in [4.69, 9.17) is 25.1 Å². The number of ether oxygens (including phenoxy) is 2. The number of hydrogen-bond donors (Lipinski definition) is 3. The molecule has 3 N–H and O–H groups in total. The minimum Gasteiger partial charge on any atom is -0.494 e. The second kappa shape index (κ2) is 15.2. The highest BCUT2D eigenvalue weighted by Gasteiger charge is 2.54. The molecule has 0 bridgehead atoms. The summed E-state index contributed by atoms with van der Waals surface area (Å²) in [5.41, 5.74) is 16.8. The van der Waals surface area contributed by atoms with Crippen LogP contribution >= 0.6 is 15.9 Å². The number of nitrogens with zero attached hydrogens (tertiary/aromatic N) is 4. The van der Waals surface area contributed by atoms with Gasteiger partial charge in [0.05, 0.1) is 13.2 Å². The summed E-state index contributed by atoms with van der Waals surface area (Å²) in [6.45, 7) is 7.56. The number of rotatable bonds is 14. The monoisotopic (exact) mass is 662 g/mol. The van der Waals surface area contributed by atoms with Crippen LogP contribution in [-0.2, 0) is 22.5 Å². The molecule has 1 heterocycles. The highest BCUT2D eigenvalue weighted by molar-refractivity contribution is 9.10. The number of aliphatic hydroxyl groups excluding tert-OH is 1. The van der Waals surface area contributed by atoms with Crippen molar-refractivity contribution in [2.45, 2.75) is 58.2 Å². The van der Waals surface area contributed by atoms with Crippen molar-refractivity contribution in [1.29, 1.82) is 0 Å². The molecule has 3 aromatic rings. The first-order chi connectivity index (χ1) is 21.2. The van der Waals surface area contributed by atoms with E-state index >= 15 is 0 Å². The number of nitrogens with one attached hydrogen (secondary N) is 2. The van der Waals surface area contributed by atoms with Gasteiger partial charge in [0, 0.05) is 40.9 Å². The lowest BCUT2D eigenvalue weighted by Crippen LogP contribution is -2.54. The molecule has 0 unspecified atom stereocenters. The molecule has 1 amide bonds. The Morgan fingerprint density at radius 2 is 1.82 bits per heavy atom. The van der Waals surface area contributed by atoms with Crippen molar-refractivity contribution >= 4 is 27.7 Å². The summed E-state index contributed by atoms with van der Waals surface area (Å²) in [4.78, 5) is 22.4. The molecular weight excluding hydrogens is 624 g/mol. The summed E-state index contributed by atoms with van der Waals surface area (Å²) in [5, 5.41) is 12.9. The van der Waals surface area contributed by atoms with Crippen molar-refractivity contribution in [1.82, 2.24) is 10.9 Å². The Kier molecular flexibility index (Phi) is 11.4. The van der Waals surface area contributed by atoms with Crippen molar-refractivity contribution in [2.75, 3.05) is 19.8 Å². The van der Waals surface area contributed by atoms with Gasteiger partial charge in [0.1, 0.15) is 5.75 Å². The molecule has 0 aliphatic carbocycles. The average molecular weight is 664 g/mol. The van der Waals surface area contributed by atoms with Gasteiger partial charge in [-0.1, -0.05) is 84.3 Å². The number of benzene rings is 3. The Morgan fingerprint density at radius 3 is 2.50 bits per heavy atom. The number of hydrazine groups is 1. The summed E-state index contributed by atoms with van der Waals surface area (Å²) >= 11 is 3.66. The molecule has 0 spiro atoms. The Labute approximate surface area is 266 Å². The van der Waals surface area contributed by atoms with Crippen LogP contribution in [0.3, 0.4) is 0 Å². The Bertz CT molecular complexity index is 1500. The number of halogens is 1. The zero-order valence-corrected chi connectivity index (χ0v) is 26.9. The quantitative estimate of drug-likeness (QED) is 0.0588. The van der Waals surface area contributed by atoms with Crippen LogP contribution in [0.1, 0.15) is 62.0 Å². The zero-order chi connectivity index (χ0) is 31.6. The fourth-order valence-electron chi connectivity index (χ4n) is 4.92. The van der Waals surface area contributed by atoms with Gasteiger partial charge in [0.25, 0.3) is 5.91 Å². The van der Waals surface area contributed by atoms with Crippen LogP contribution in [0.2, 0.25) is 0 Å². The molecule has 11 heteroatoms. The molecule has 0 saturated heterocycles. The molecule has 2 atom stereocenters. The molecule has 0 radical (unpaired) electrons. The lowest BCUT2D eigenvalue weighted by Gasteiger charge is -2.32. The summed E-state index contributed by atoms with van der Waals surface area (Å²) in [7, 11) is 0. The van der Waals surface area contributed by atoms with Gasteiger partial charge in [-0.15, -0.1) is 0 Å². The number of azide groups is 1. The number of hydrogen-bond acceptors (Lipinski definition) is 7. The van der Waals surface area contributed by atoms with Crippen molar-refractivity contribution in [3.63, 3.8) is 0 Å². The van der Waals surface area contributed by atoms with Gasteiger partial charge >= 0.3 is 0 Å². The molecular formula is C33H39BrN6O4. The van der Waals surface area contributed by atoms with E-state index in [2.05, 4.69) is 57.6 Å². The van der Waals surface area contributed by atoms with Crippen LogP contribution in [0, 0.1) is 5.41 Å². The summed E-state index contributed by atoms with van der Waals surface area (Å²) < 4.78 is 13.2.